The first-order chi connectivity index (χ1) is 28.1. The van der Waals surface area contributed by atoms with Crippen molar-refractivity contribution in [1.82, 2.24) is 24.9 Å². The van der Waals surface area contributed by atoms with Gasteiger partial charge in [-0.15, -0.1) is 0 Å². The second kappa shape index (κ2) is 18.6. The molecule has 3 N–H and O–H groups in total. The zero-order chi connectivity index (χ0) is 40.6. The monoisotopic (exact) mass is 787 g/mol. The molecule has 12 nitrogen and oxygen atoms in total. The Hall–Kier alpha value is -5.88. The number of rotatable bonds is 16. The van der Waals surface area contributed by atoms with Crippen molar-refractivity contribution >= 4 is 23.6 Å². The van der Waals surface area contributed by atoms with E-state index in [4.69, 9.17) is 4.74 Å². The predicted octanol–water partition coefficient (Wildman–Crippen LogP) is 3.97. The molecular weight excluding hydrogens is 735 g/mol. The molecule has 3 aliphatic rings. The number of hydrogen-bond donors (Lipinski definition) is 3. The summed E-state index contributed by atoms with van der Waals surface area (Å²) in [5.74, 6) is -1.12. The smallest absolute Gasteiger partial charge is 0.312 e. The third-order valence-electron chi connectivity index (χ3n) is 11.7. The molecule has 4 atom stereocenters. The first kappa shape index (κ1) is 40.3. The van der Waals surface area contributed by atoms with Crippen LogP contribution in [0.5, 0.6) is 17.2 Å². The van der Waals surface area contributed by atoms with Gasteiger partial charge in [0, 0.05) is 44.8 Å². The number of phenolic OH excluding ortho intramolecular Hbond substituents is 2. The van der Waals surface area contributed by atoms with Crippen LogP contribution in [-0.2, 0) is 44.9 Å². The molecule has 0 spiro atoms. The number of likely N-dealkylation sites (tertiary alicyclic amines) is 1. The number of phenols is 2. The lowest BCUT2D eigenvalue weighted by atomic mass is 9.96. The van der Waals surface area contributed by atoms with Gasteiger partial charge in [-0.3, -0.25) is 24.1 Å². The van der Waals surface area contributed by atoms with Crippen LogP contribution in [0.15, 0.2) is 103 Å². The van der Waals surface area contributed by atoms with Crippen LogP contribution in [0.4, 0.5) is 0 Å². The molecule has 58 heavy (non-hydrogen) atoms. The highest BCUT2D eigenvalue weighted by atomic mass is 16.5. The fourth-order valence-electron chi connectivity index (χ4n) is 8.68. The summed E-state index contributed by atoms with van der Waals surface area (Å²) in [7, 11) is 0. The lowest BCUT2D eigenvalue weighted by Crippen LogP contribution is -2.65. The van der Waals surface area contributed by atoms with Crippen molar-refractivity contribution in [2.75, 3.05) is 45.9 Å². The molecule has 3 saturated heterocycles. The van der Waals surface area contributed by atoms with Gasteiger partial charge in [0.1, 0.15) is 17.2 Å². The summed E-state index contributed by atoms with van der Waals surface area (Å²) in [4.78, 5) is 62.3. The molecule has 0 radical (unpaired) electrons. The Bertz CT molecular complexity index is 2030. The fraction of sp³-hybridized carbons (Fsp3) is 0.391. The van der Waals surface area contributed by atoms with Crippen molar-refractivity contribution < 1.29 is 34.1 Å². The maximum atomic E-state index is 14.4. The third-order valence-corrected chi connectivity index (χ3v) is 11.7. The Labute approximate surface area is 340 Å². The van der Waals surface area contributed by atoms with E-state index in [1.54, 1.807) is 39.0 Å². The number of carbonyl (C=O) groups excluding carboxylic acids is 4. The molecule has 3 aliphatic heterocycles. The standard InChI is InChI=1S/C46H53N5O7/c1-2-58-42-20-14-32(15-21-42)22-24-49-39(27-35-12-18-41(53)19-13-35)31-51(46(57)45(49)56)38(26-33-7-4-3-5-8-33)29-48-23-6-9-36(48)30-50-37(28-47-43(54)44(50)55)25-34-10-16-40(52)17-11-34/h3-5,7-8,10-21,36-39,52-53H,2,6,9,22-31H2,1H3,(H,47,54)/t36-,37-,38-,39-/m0/s1. The second-order valence-corrected chi connectivity index (χ2v) is 15.6. The van der Waals surface area contributed by atoms with Gasteiger partial charge in [-0.1, -0.05) is 66.7 Å². The van der Waals surface area contributed by atoms with Crippen molar-refractivity contribution in [2.45, 2.75) is 69.6 Å². The van der Waals surface area contributed by atoms with Gasteiger partial charge in [0.05, 0.1) is 18.7 Å². The van der Waals surface area contributed by atoms with E-state index in [1.807, 2.05) is 85.8 Å². The van der Waals surface area contributed by atoms with Crippen molar-refractivity contribution in [3.63, 3.8) is 0 Å². The highest BCUT2D eigenvalue weighted by Gasteiger charge is 2.44. The van der Waals surface area contributed by atoms with Gasteiger partial charge in [0.25, 0.3) is 0 Å². The van der Waals surface area contributed by atoms with Crippen LogP contribution < -0.4 is 10.1 Å². The topological polar surface area (TPSA) is 143 Å². The molecule has 0 bridgehead atoms. The normalized spacial score (nSPS) is 20.7. The Morgan fingerprint density at radius 1 is 0.707 bits per heavy atom. The average Bonchev–Trinajstić information content (AvgIpc) is 3.67. The van der Waals surface area contributed by atoms with Crippen LogP contribution in [0.25, 0.3) is 0 Å². The molecular formula is C46H53N5O7. The molecule has 4 aromatic carbocycles. The number of amides is 4. The summed E-state index contributed by atoms with van der Waals surface area (Å²) in [6.45, 7) is 5.16. The number of aromatic hydroxyl groups is 2. The number of nitrogens with one attached hydrogen (secondary N) is 1. The summed E-state index contributed by atoms with van der Waals surface area (Å²) in [5.41, 5.74) is 3.98. The number of hydrogen-bond acceptors (Lipinski definition) is 8. The first-order valence-corrected chi connectivity index (χ1v) is 20.4. The maximum absolute atomic E-state index is 14.4. The molecule has 0 aromatic heterocycles. The summed E-state index contributed by atoms with van der Waals surface area (Å²) >= 11 is 0. The van der Waals surface area contributed by atoms with Gasteiger partial charge >= 0.3 is 23.6 Å². The van der Waals surface area contributed by atoms with E-state index in [0.717, 1.165) is 47.4 Å². The quantitative estimate of drug-likeness (QED) is 0.145. The molecule has 0 saturated carbocycles. The van der Waals surface area contributed by atoms with Crippen molar-refractivity contribution in [2.24, 2.45) is 0 Å². The number of nitrogens with zero attached hydrogens (tertiary/aromatic N) is 4. The summed E-state index contributed by atoms with van der Waals surface area (Å²) in [6, 6.07) is 30.8. The maximum Gasteiger partial charge on any atom is 0.312 e. The molecule has 3 fully saturated rings. The van der Waals surface area contributed by atoms with Crippen LogP contribution in [-0.4, -0.2) is 123 Å². The van der Waals surface area contributed by atoms with Crippen LogP contribution in [0.1, 0.15) is 42.0 Å². The van der Waals surface area contributed by atoms with Gasteiger partial charge < -0.3 is 35.0 Å². The summed E-state index contributed by atoms with van der Waals surface area (Å²) in [6.07, 6.45) is 3.86. The van der Waals surface area contributed by atoms with Gasteiger partial charge in [-0.2, -0.15) is 0 Å². The van der Waals surface area contributed by atoms with E-state index in [1.165, 1.54) is 0 Å². The summed E-state index contributed by atoms with van der Waals surface area (Å²) < 4.78 is 5.61. The summed E-state index contributed by atoms with van der Waals surface area (Å²) in [5, 5.41) is 22.6. The Kier molecular flexibility index (Phi) is 12.9. The third kappa shape index (κ3) is 9.79. The van der Waals surface area contributed by atoms with E-state index in [9.17, 15) is 29.4 Å². The lowest BCUT2D eigenvalue weighted by molar-refractivity contribution is -0.161. The van der Waals surface area contributed by atoms with Gasteiger partial charge in [0.15, 0.2) is 0 Å². The molecule has 0 aliphatic carbocycles. The van der Waals surface area contributed by atoms with E-state index < -0.39 is 23.6 Å². The van der Waals surface area contributed by atoms with Gasteiger partial charge in [-0.05, 0) is 111 Å². The van der Waals surface area contributed by atoms with Crippen molar-refractivity contribution in [3.05, 3.63) is 125 Å². The van der Waals surface area contributed by atoms with Gasteiger partial charge in [0.2, 0.25) is 0 Å². The Morgan fingerprint density at radius 3 is 2.00 bits per heavy atom. The minimum absolute atomic E-state index is 0.0514. The second-order valence-electron chi connectivity index (χ2n) is 15.6. The SMILES string of the molecule is CCOc1ccc(CCN2C(=O)C(=O)N([C@@H](Cc3ccccc3)CN3CCC[C@H]3CN3C(=O)C(=O)NC[C@@H]3Cc3ccc(O)cc3)C[C@@H]2Cc2ccc(O)cc2)cc1. The van der Waals surface area contributed by atoms with Crippen molar-refractivity contribution in [3.8, 4) is 17.2 Å². The van der Waals surface area contributed by atoms with Crippen LogP contribution in [0.2, 0.25) is 0 Å². The molecule has 4 amide bonds. The van der Waals surface area contributed by atoms with Gasteiger partial charge in [-0.25, -0.2) is 0 Å². The van der Waals surface area contributed by atoms with E-state index in [0.29, 0.717) is 65.0 Å². The number of piperazine rings is 2. The van der Waals surface area contributed by atoms with E-state index in [2.05, 4.69) is 10.2 Å². The molecule has 7 rings (SSSR count). The van der Waals surface area contributed by atoms with Crippen molar-refractivity contribution in [1.29, 1.82) is 0 Å². The van der Waals surface area contributed by atoms with Crippen LogP contribution >= 0.6 is 0 Å². The Morgan fingerprint density at radius 2 is 1.34 bits per heavy atom. The molecule has 3 heterocycles. The van der Waals surface area contributed by atoms with Crippen LogP contribution in [0, 0.1) is 0 Å². The predicted molar refractivity (Wildman–Crippen MR) is 219 cm³/mol. The zero-order valence-electron chi connectivity index (χ0n) is 33.0. The highest BCUT2D eigenvalue weighted by Crippen LogP contribution is 2.27. The number of benzene rings is 4. The average molecular weight is 788 g/mol. The molecule has 12 heteroatoms. The van der Waals surface area contributed by atoms with E-state index >= 15 is 0 Å². The molecule has 0 unspecified atom stereocenters. The zero-order valence-corrected chi connectivity index (χ0v) is 33.0. The first-order valence-electron chi connectivity index (χ1n) is 20.4. The largest absolute Gasteiger partial charge is 0.508 e. The molecule has 304 valence electrons. The molecule has 4 aromatic rings. The minimum Gasteiger partial charge on any atom is -0.508 e. The number of carbonyl (C=O) groups is 4. The lowest BCUT2D eigenvalue weighted by Gasteiger charge is -2.45. The number of ether oxygens (including phenoxy) is 1. The van der Waals surface area contributed by atoms with Crippen LogP contribution in [0.3, 0.4) is 0 Å². The minimum atomic E-state index is -0.613. The van der Waals surface area contributed by atoms with E-state index in [-0.39, 0.29) is 35.7 Å². The highest BCUT2D eigenvalue weighted by molar-refractivity contribution is 6.36. The Balaban J connectivity index is 1.13. The fourth-order valence-corrected chi connectivity index (χ4v) is 8.68.